The van der Waals surface area contributed by atoms with Crippen LogP contribution in [0.3, 0.4) is 0 Å². The summed E-state index contributed by atoms with van der Waals surface area (Å²) in [4.78, 5) is 40.4. The zero-order chi connectivity index (χ0) is 32.2. The highest BCUT2D eigenvalue weighted by Gasteiger charge is 2.39. The van der Waals surface area contributed by atoms with E-state index >= 15 is 0 Å². The van der Waals surface area contributed by atoms with E-state index in [1.54, 1.807) is 0 Å². The molecule has 2 N–H and O–H groups in total. The second-order valence-electron chi connectivity index (χ2n) is 11.5. The molecule has 0 bridgehead atoms. The van der Waals surface area contributed by atoms with Crippen LogP contribution in [0.25, 0.3) is 10.4 Å². The Kier molecular flexibility index (Phi) is 18.3. The van der Waals surface area contributed by atoms with Crippen molar-refractivity contribution in [3.8, 4) is 0 Å². The minimum absolute atomic E-state index is 0.0391. The minimum Gasteiger partial charge on any atom is -0.538 e. The molecule has 0 saturated carbocycles. The molecule has 15 heteroatoms. The second kappa shape index (κ2) is 21.3. The van der Waals surface area contributed by atoms with Crippen molar-refractivity contribution in [1.29, 1.82) is 0 Å². The topological polar surface area (TPSA) is 201 Å². The van der Waals surface area contributed by atoms with Crippen LogP contribution in [-0.4, -0.2) is 40.6 Å². The molecule has 0 spiro atoms. The molecule has 0 aliphatic carbocycles. The largest absolute Gasteiger partial charge is 0.538 e. The maximum Gasteiger partial charge on any atom is 0.393 e. The third kappa shape index (κ3) is 13.7. The number of carbonyl (C=O) groups is 1. The first-order valence-corrected chi connectivity index (χ1v) is 17.7. The average molecular weight is 642 g/mol. The third-order valence-corrected chi connectivity index (χ3v) is 9.12. The normalized spacial score (nSPS) is 19.5. The number of hydrogen-bond acceptors (Lipinski definition) is 10. The molecule has 250 valence electrons. The van der Waals surface area contributed by atoms with Crippen LogP contribution in [0.5, 0.6) is 0 Å². The fraction of sp³-hybridized carbons (Fsp3) is 0.828. The van der Waals surface area contributed by atoms with E-state index in [0.717, 1.165) is 23.8 Å². The van der Waals surface area contributed by atoms with Crippen molar-refractivity contribution in [2.24, 2.45) is 5.11 Å². The quantitative estimate of drug-likeness (QED) is 0.0314. The lowest BCUT2D eigenvalue weighted by Crippen LogP contribution is -2.33. The standard InChI is InChI=1S/C29H51N6O8P/c1-3-4-5-6-7-8-9-10-11-12-13-14-15-16-17-18-19-31-43-44(40,29(38)39)41-22-25-24(33-34-30)20-26(42-25)35-21-23(2)27(36)32-28(35)37/h21,24-26,31H,3-20,22H2,1-2H3,(H,38,39)(H,32,36,37)/p-1/t24-,25+,26+,44?/m0/s1. The number of carbonyl (C=O) groups excluding carboxylic acids is 1. The van der Waals surface area contributed by atoms with Gasteiger partial charge in [-0.15, -0.1) is 0 Å². The molecule has 1 aromatic heterocycles. The lowest BCUT2D eigenvalue weighted by molar-refractivity contribution is -0.237. The zero-order valence-corrected chi connectivity index (χ0v) is 27.1. The Morgan fingerprint density at radius 1 is 1.07 bits per heavy atom. The van der Waals surface area contributed by atoms with Crippen LogP contribution in [0.4, 0.5) is 4.79 Å². The summed E-state index contributed by atoms with van der Waals surface area (Å²) in [6.07, 6.45) is 19.0. The van der Waals surface area contributed by atoms with Crippen LogP contribution in [0.15, 0.2) is 20.9 Å². The van der Waals surface area contributed by atoms with Crippen LogP contribution in [-0.2, 0) is 18.5 Å². The number of aromatic amines is 1. The van der Waals surface area contributed by atoms with Crippen molar-refractivity contribution in [3.63, 3.8) is 0 Å². The Hall–Kier alpha value is -2.47. The van der Waals surface area contributed by atoms with Gasteiger partial charge in [0.1, 0.15) is 6.23 Å². The molecule has 44 heavy (non-hydrogen) atoms. The predicted molar refractivity (Wildman–Crippen MR) is 165 cm³/mol. The summed E-state index contributed by atoms with van der Waals surface area (Å²) in [5.41, 5.74) is 8.30. The lowest BCUT2D eigenvalue weighted by atomic mass is 10.0. The molecule has 1 aliphatic heterocycles. The summed E-state index contributed by atoms with van der Waals surface area (Å²) < 4.78 is 29.6. The van der Waals surface area contributed by atoms with Gasteiger partial charge in [0.2, 0.25) is 0 Å². The number of hydroxylamine groups is 1. The first-order valence-electron chi connectivity index (χ1n) is 16.1. The minimum atomic E-state index is -4.73. The van der Waals surface area contributed by atoms with E-state index in [4.69, 9.17) is 19.4 Å². The van der Waals surface area contributed by atoms with E-state index in [9.17, 15) is 24.1 Å². The molecule has 1 aliphatic rings. The number of unbranched alkanes of at least 4 members (excludes halogenated alkanes) is 15. The number of nitrogens with one attached hydrogen (secondary N) is 2. The zero-order valence-electron chi connectivity index (χ0n) is 26.2. The smallest absolute Gasteiger partial charge is 0.393 e. The maximum atomic E-state index is 12.8. The van der Waals surface area contributed by atoms with Crippen LogP contribution in [0.2, 0.25) is 0 Å². The van der Waals surface area contributed by atoms with Gasteiger partial charge in [-0.05, 0) is 18.9 Å². The van der Waals surface area contributed by atoms with E-state index in [0.29, 0.717) is 6.42 Å². The van der Waals surface area contributed by atoms with Crippen LogP contribution in [0, 0.1) is 6.92 Å². The van der Waals surface area contributed by atoms with Gasteiger partial charge in [-0.1, -0.05) is 108 Å². The fourth-order valence-corrected chi connectivity index (χ4v) is 6.02. The molecule has 14 nitrogen and oxygen atoms in total. The number of ether oxygens (including phenoxy) is 1. The van der Waals surface area contributed by atoms with E-state index in [2.05, 4.69) is 27.4 Å². The number of azide groups is 1. The number of carboxylic acid groups (broad SMARTS) is 1. The highest BCUT2D eigenvalue weighted by molar-refractivity contribution is 7.70. The third-order valence-electron chi connectivity index (χ3n) is 7.81. The van der Waals surface area contributed by atoms with E-state index < -0.39 is 49.5 Å². The Balaban J connectivity index is 1.62. The fourth-order valence-electron chi connectivity index (χ4n) is 5.19. The number of aromatic nitrogens is 2. The number of rotatable bonds is 25. The van der Waals surface area contributed by atoms with Gasteiger partial charge in [0, 0.05) is 29.6 Å². The second-order valence-corrected chi connectivity index (χ2v) is 13.3. The van der Waals surface area contributed by atoms with Crippen LogP contribution < -0.4 is 21.8 Å². The molecule has 1 fully saturated rings. The van der Waals surface area contributed by atoms with E-state index in [1.807, 2.05) is 0 Å². The Labute approximate surface area is 259 Å². The van der Waals surface area contributed by atoms with Crippen LogP contribution in [0.1, 0.15) is 128 Å². The van der Waals surface area contributed by atoms with Gasteiger partial charge in [0.15, 0.2) is 5.71 Å². The molecule has 1 saturated heterocycles. The van der Waals surface area contributed by atoms with Crippen molar-refractivity contribution >= 4 is 13.3 Å². The molecule has 1 unspecified atom stereocenters. The highest BCUT2D eigenvalue weighted by atomic mass is 31.2. The van der Waals surface area contributed by atoms with Gasteiger partial charge in [-0.2, -0.15) is 5.48 Å². The van der Waals surface area contributed by atoms with Crippen LogP contribution >= 0.6 is 7.60 Å². The number of hydrogen-bond donors (Lipinski definition) is 2. The number of aryl methyl sites for hydroxylation is 1. The average Bonchev–Trinajstić information content (AvgIpc) is 3.39. The van der Waals surface area contributed by atoms with Crippen molar-refractivity contribution < 1.29 is 28.4 Å². The maximum absolute atomic E-state index is 12.8. The summed E-state index contributed by atoms with van der Waals surface area (Å²) in [6, 6.07) is -0.864. The van der Waals surface area contributed by atoms with Gasteiger partial charge in [-0.3, -0.25) is 18.9 Å². The SMILES string of the molecule is CCCCCCCCCCCCCCCCCCNOP(=O)(OC[C@H]1O[C@@H](n2cc(C)c(=O)[nH]c2=O)C[C@@H]1N=[N+]=[N-])C(=O)[O-]. The summed E-state index contributed by atoms with van der Waals surface area (Å²) in [5.74, 6) is 0. The molecular formula is C29H50N6O8P-. The van der Waals surface area contributed by atoms with Crippen molar-refractivity contribution in [3.05, 3.63) is 43.0 Å². The predicted octanol–water partition coefficient (Wildman–Crippen LogP) is 6.15. The van der Waals surface area contributed by atoms with Gasteiger partial charge in [0.25, 0.3) is 5.56 Å². The Morgan fingerprint density at radius 2 is 1.61 bits per heavy atom. The highest BCUT2D eigenvalue weighted by Crippen LogP contribution is 2.47. The molecule has 0 aromatic carbocycles. The summed E-state index contributed by atoms with van der Waals surface area (Å²) in [6.45, 7) is 3.46. The Morgan fingerprint density at radius 3 is 2.14 bits per heavy atom. The first kappa shape index (κ1) is 37.7. The number of H-pyrrole nitrogens is 1. The molecule has 0 amide bonds. The summed E-state index contributed by atoms with van der Waals surface area (Å²) in [7, 11) is -4.73. The van der Waals surface area contributed by atoms with Crippen molar-refractivity contribution in [2.45, 2.75) is 141 Å². The van der Waals surface area contributed by atoms with Gasteiger partial charge >= 0.3 is 13.3 Å². The van der Waals surface area contributed by atoms with Crippen molar-refractivity contribution in [1.82, 2.24) is 15.0 Å². The molecule has 1 aromatic rings. The molecule has 2 rings (SSSR count). The van der Waals surface area contributed by atoms with E-state index in [-0.39, 0.29) is 18.5 Å². The Bertz CT molecular complexity index is 1200. The van der Waals surface area contributed by atoms with Gasteiger partial charge in [-0.25, -0.2) is 9.42 Å². The van der Waals surface area contributed by atoms with E-state index in [1.165, 1.54) is 90.2 Å². The molecule has 0 radical (unpaired) electrons. The lowest BCUT2D eigenvalue weighted by Gasteiger charge is -2.22. The summed E-state index contributed by atoms with van der Waals surface area (Å²) in [5, 5.41) is 15.2. The van der Waals surface area contributed by atoms with Gasteiger partial charge in [0.05, 0.1) is 18.8 Å². The molecule has 4 atom stereocenters. The monoisotopic (exact) mass is 641 g/mol. The number of nitrogens with zero attached hydrogens (tertiary/aromatic N) is 4. The summed E-state index contributed by atoms with van der Waals surface area (Å²) >= 11 is 0. The van der Waals surface area contributed by atoms with Crippen molar-refractivity contribution in [2.75, 3.05) is 13.2 Å². The molecular weight excluding hydrogens is 591 g/mol. The molecule has 2 heterocycles. The van der Waals surface area contributed by atoms with Gasteiger partial charge < -0.3 is 19.2 Å². The first-order chi connectivity index (χ1) is 21.2.